The molecule has 142 valence electrons. The fourth-order valence-electron chi connectivity index (χ4n) is 2.66. The van der Waals surface area contributed by atoms with Crippen LogP contribution in [0.3, 0.4) is 0 Å². The van der Waals surface area contributed by atoms with Gasteiger partial charge in [-0.15, -0.1) is 24.0 Å². The second-order valence-electron chi connectivity index (χ2n) is 5.79. The topological polar surface area (TPSA) is 65.0 Å². The minimum absolute atomic E-state index is 0. The van der Waals surface area contributed by atoms with Gasteiger partial charge >= 0.3 is 0 Å². The van der Waals surface area contributed by atoms with Crippen molar-refractivity contribution in [2.45, 2.75) is 19.9 Å². The van der Waals surface area contributed by atoms with Crippen molar-refractivity contribution in [2.24, 2.45) is 4.99 Å². The van der Waals surface area contributed by atoms with Gasteiger partial charge in [0, 0.05) is 33.2 Å². The monoisotopic (exact) mass is 484 g/mol. The van der Waals surface area contributed by atoms with Crippen molar-refractivity contribution in [3.8, 4) is 0 Å². The van der Waals surface area contributed by atoms with E-state index in [0.29, 0.717) is 45.1 Å². The molecule has 1 aliphatic rings. The van der Waals surface area contributed by atoms with E-state index < -0.39 is 10.0 Å². The number of guanidine groups is 1. The van der Waals surface area contributed by atoms with E-state index in [9.17, 15) is 12.8 Å². The minimum atomic E-state index is -3.08. The molecule has 6 nitrogen and oxygen atoms in total. The third-order valence-electron chi connectivity index (χ3n) is 3.82. The number of benzene rings is 1. The van der Waals surface area contributed by atoms with Crippen molar-refractivity contribution in [1.82, 2.24) is 14.5 Å². The summed E-state index contributed by atoms with van der Waals surface area (Å²) in [5.74, 6) is 0.649. The van der Waals surface area contributed by atoms with E-state index in [2.05, 4.69) is 10.3 Å². The van der Waals surface area contributed by atoms with Gasteiger partial charge < -0.3 is 10.2 Å². The van der Waals surface area contributed by atoms with Gasteiger partial charge in [0.2, 0.25) is 10.0 Å². The number of aliphatic imine (C=N–C) groups is 1. The van der Waals surface area contributed by atoms with Crippen LogP contribution in [0.5, 0.6) is 0 Å². The normalized spacial score (nSPS) is 17.2. The second kappa shape index (κ2) is 10.3. The molecule has 0 spiro atoms. The van der Waals surface area contributed by atoms with E-state index in [4.69, 9.17) is 0 Å². The molecule has 0 radical (unpaired) electrons. The van der Waals surface area contributed by atoms with Gasteiger partial charge in [-0.05, 0) is 31.0 Å². The van der Waals surface area contributed by atoms with Crippen LogP contribution in [0.4, 0.5) is 4.39 Å². The Morgan fingerprint density at radius 1 is 1.44 bits per heavy atom. The first-order valence-electron chi connectivity index (χ1n) is 8.14. The Balaban J connectivity index is 0.00000312. The van der Waals surface area contributed by atoms with E-state index in [1.807, 2.05) is 24.9 Å². The highest BCUT2D eigenvalue weighted by molar-refractivity contribution is 14.0. The maximum absolute atomic E-state index is 13.3. The third-order valence-corrected chi connectivity index (χ3v) is 5.78. The Kier molecular flexibility index (Phi) is 9.08. The van der Waals surface area contributed by atoms with Crippen molar-refractivity contribution in [3.63, 3.8) is 0 Å². The first-order chi connectivity index (χ1) is 11.4. The van der Waals surface area contributed by atoms with E-state index >= 15 is 0 Å². The highest BCUT2D eigenvalue weighted by Gasteiger charge is 2.27. The molecule has 0 aromatic heterocycles. The van der Waals surface area contributed by atoms with Crippen LogP contribution in [-0.4, -0.2) is 62.6 Å². The van der Waals surface area contributed by atoms with Gasteiger partial charge in [0.05, 0.1) is 12.3 Å². The molecular formula is C16H26FIN4O2S. The number of sulfonamides is 1. The molecule has 0 bridgehead atoms. The summed E-state index contributed by atoms with van der Waals surface area (Å²) in [6.45, 7) is 4.56. The molecular weight excluding hydrogens is 458 g/mol. The summed E-state index contributed by atoms with van der Waals surface area (Å²) in [6, 6.07) is 6.46. The highest BCUT2D eigenvalue weighted by atomic mass is 127. The highest BCUT2D eigenvalue weighted by Crippen LogP contribution is 2.12. The molecule has 1 saturated heterocycles. The van der Waals surface area contributed by atoms with Crippen LogP contribution in [-0.2, 0) is 16.6 Å². The van der Waals surface area contributed by atoms with Gasteiger partial charge in [-0.25, -0.2) is 17.1 Å². The van der Waals surface area contributed by atoms with Crippen molar-refractivity contribution in [2.75, 3.05) is 39.0 Å². The average molecular weight is 484 g/mol. The summed E-state index contributed by atoms with van der Waals surface area (Å²) < 4.78 is 38.4. The van der Waals surface area contributed by atoms with Crippen LogP contribution in [0, 0.1) is 5.82 Å². The van der Waals surface area contributed by atoms with Gasteiger partial charge in [0.15, 0.2) is 5.96 Å². The molecule has 1 aromatic rings. The molecule has 1 aliphatic heterocycles. The lowest BCUT2D eigenvalue weighted by molar-refractivity contribution is 0.445. The Morgan fingerprint density at radius 3 is 2.80 bits per heavy atom. The molecule has 2 rings (SSSR count). The third kappa shape index (κ3) is 6.70. The van der Waals surface area contributed by atoms with Crippen molar-refractivity contribution >= 4 is 40.0 Å². The van der Waals surface area contributed by atoms with E-state index in [1.165, 1.54) is 16.4 Å². The fraction of sp³-hybridized carbons (Fsp3) is 0.562. The molecule has 9 heteroatoms. The first kappa shape index (κ1) is 22.1. The summed E-state index contributed by atoms with van der Waals surface area (Å²) in [6.07, 6.45) is 0.686. The number of hydrogen-bond acceptors (Lipinski definition) is 3. The first-order valence-corrected chi connectivity index (χ1v) is 9.75. The Hall–Kier alpha value is -0.940. The van der Waals surface area contributed by atoms with Crippen LogP contribution < -0.4 is 5.32 Å². The van der Waals surface area contributed by atoms with Crippen molar-refractivity contribution in [3.05, 3.63) is 35.6 Å². The predicted octanol–water partition coefficient (Wildman–Crippen LogP) is 1.88. The summed E-state index contributed by atoms with van der Waals surface area (Å²) in [5, 5.41) is 3.18. The minimum Gasteiger partial charge on any atom is -0.357 e. The zero-order valence-corrected chi connectivity index (χ0v) is 17.8. The Labute approximate surface area is 166 Å². The summed E-state index contributed by atoms with van der Waals surface area (Å²) in [7, 11) is -1.21. The molecule has 1 heterocycles. The number of rotatable bonds is 6. The molecule has 0 aliphatic carbocycles. The summed E-state index contributed by atoms with van der Waals surface area (Å²) in [4.78, 5) is 6.39. The zero-order chi connectivity index (χ0) is 17.6. The lowest BCUT2D eigenvalue weighted by Gasteiger charge is -2.22. The van der Waals surface area contributed by atoms with Crippen molar-refractivity contribution < 1.29 is 12.8 Å². The fourth-order valence-corrected chi connectivity index (χ4v) is 4.18. The zero-order valence-electron chi connectivity index (χ0n) is 14.6. The largest absolute Gasteiger partial charge is 0.357 e. The van der Waals surface area contributed by atoms with Crippen LogP contribution in [0.2, 0.25) is 0 Å². The van der Waals surface area contributed by atoms with E-state index in [1.54, 1.807) is 6.07 Å². The van der Waals surface area contributed by atoms with Gasteiger partial charge in [0.1, 0.15) is 5.82 Å². The quantitative estimate of drug-likeness (QED) is 0.381. The SMILES string of the molecule is CCNC(=NCCN1CCCS1(=O)=O)N(C)Cc1cccc(F)c1.I. The second-order valence-corrected chi connectivity index (χ2v) is 7.88. The van der Waals surface area contributed by atoms with Crippen LogP contribution >= 0.6 is 24.0 Å². The molecule has 0 saturated carbocycles. The van der Waals surface area contributed by atoms with Gasteiger partial charge in [-0.3, -0.25) is 4.99 Å². The smallest absolute Gasteiger partial charge is 0.214 e. The standard InChI is InChI=1S/C16H25FN4O2S.HI/c1-3-18-16(19-8-10-21-9-5-11-24(21,22)23)20(2)13-14-6-4-7-15(17)12-14;/h4,6-7,12H,3,5,8-11,13H2,1-2H3,(H,18,19);1H. The van der Waals surface area contributed by atoms with Crippen LogP contribution in [0.1, 0.15) is 18.9 Å². The molecule has 1 fully saturated rings. The van der Waals surface area contributed by atoms with Crippen LogP contribution in [0.15, 0.2) is 29.3 Å². The Morgan fingerprint density at radius 2 is 2.20 bits per heavy atom. The lowest BCUT2D eigenvalue weighted by atomic mass is 10.2. The summed E-state index contributed by atoms with van der Waals surface area (Å²) in [5.41, 5.74) is 0.852. The lowest BCUT2D eigenvalue weighted by Crippen LogP contribution is -2.39. The van der Waals surface area contributed by atoms with Crippen LogP contribution in [0.25, 0.3) is 0 Å². The van der Waals surface area contributed by atoms with E-state index in [-0.39, 0.29) is 35.5 Å². The number of nitrogens with one attached hydrogen (secondary N) is 1. The maximum Gasteiger partial charge on any atom is 0.214 e. The van der Waals surface area contributed by atoms with Gasteiger partial charge in [0.25, 0.3) is 0 Å². The molecule has 0 unspecified atom stereocenters. The Bertz CT molecular complexity index is 684. The molecule has 1 N–H and O–H groups in total. The molecule has 1 aromatic carbocycles. The van der Waals surface area contributed by atoms with Crippen molar-refractivity contribution in [1.29, 1.82) is 0 Å². The molecule has 0 atom stereocenters. The van der Waals surface area contributed by atoms with Gasteiger partial charge in [-0.1, -0.05) is 12.1 Å². The molecule has 0 amide bonds. The summed E-state index contributed by atoms with van der Waals surface area (Å²) >= 11 is 0. The number of halogens is 2. The van der Waals surface area contributed by atoms with Gasteiger partial charge in [-0.2, -0.15) is 0 Å². The average Bonchev–Trinajstić information content (AvgIpc) is 2.85. The molecule has 25 heavy (non-hydrogen) atoms. The van der Waals surface area contributed by atoms with E-state index in [0.717, 1.165) is 5.56 Å². The number of hydrogen-bond donors (Lipinski definition) is 1. The maximum atomic E-state index is 13.3. The predicted molar refractivity (Wildman–Crippen MR) is 109 cm³/mol. The number of nitrogens with zero attached hydrogens (tertiary/aromatic N) is 3.